The average molecular weight is 260 g/mol. The lowest BCUT2D eigenvalue weighted by molar-refractivity contribution is -0.171. The average Bonchev–Trinajstić information content (AvgIpc) is 2.35. The van der Waals surface area contributed by atoms with Gasteiger partial charge in [0.2, 0.25) is 0 Å². The highest BCUT2D eigenvalue weighted by Crippen LogP contribution is 2.28. The van der Waals surface area contributed by atoms with Crippen molar-refractivity contribution in [2.45, 2.75) is 46.5 Å². The van der Waals surface area contributed by atoms with E-state index in [1.807, 2.05) is 0 Å². The number of hydrogen-bond donors (Lipinski definition) is 1. The van der Waals surface area contributed by atoms with Crippen LogP contribution in [0.1, 0.15) is 46.5 Å². The summed E-state index contributed by atoms with van der Waals surface area (Å²) in [6.45, 7) is 5.57. The lowest BCUT2D eigenvalue weighted by Crippen LogP contribution is -2.39. The summed E-state index contributed by atoms with van der Waals surface area (Å²) in [5.41, 5.74) is -1.23. The van der Waals surface area contributed by atoms with E-state index in [2.05, 4.69) is 0 Å². The van der Waals surface area contributed by atoms with E-state index < -0.39 is 17.4 Å². The van der Waals surface area contributed by atoms with E-state index in [4.69, 9.17) is 14.6 Å². The normalized spacial score (nSPS) is 11.1. The van der Waals surface area contributed by atoms with Crippen LogP contribution in [0.25, 0.3) is 0 Å². The van der Waals surface area contributed by atoms with Gasteiger partial charge in [0.1, 0.15) is 0 Å². The predicted octanol–water partition coefficient (Wildman–Crippen LogP) is 1.67. The maximum Gasteiger partial charge on any atom is 0.323 e. The van der Waals surface area contributed by atoms with E-state index in [1.165, 1.54) is 0 Å². The number of ether oxygens (including phenoxy) is 2. The Kier molecular flexibility index (Phi) is 8.37. The number of esters is 2. The van der Waals surface area contributed by atoms with Gasteiger partial charge < -0.3 is 14.6 Å². The van der Waals surface area contributed by atoms with Gasteiger partial charge in [-0.15, -0.1) is 0 Å². The molecule has 0 saturated heterocycles. The second kappa shape index (κ2) is 8.91. The molecular formula is C13H24O5. The smallest absolute Gasteiger partial charge is 0.323 e. The molecule has 0 unspecified atom stereocenters. The van der Waals surface area contributed by atoms with Gasteiger partial charge in [-0.25, -0.2) is 0 Å². The maximum absolute atomic E-state index is 11.9. The fraction of sp³-hybridized carbons (Fsp3) is 0.846. The van der Waals surface area contributed by atoms with Crippen LogP contribution >= 0.6 is 0 Å². The summed E-state index contributed by atoms with van der Waals surface area (Å²) >= 11 is 0. The van der Waals surface area contributed by atoms with Gasteiger partial charge in [-0.2, -0.15) is 0 Å². The van der Waals surface area contributed by atoms with Crippen LogP contribution in [0.2, 0.25) is 0 Å². The van der Waals surface area contributed by atoms with Crippen molar-refractivity contribution in [3.63, 3.8) is 0 Å². The van der Waals surface area contributed by atoms with Crippen molar-refractivity contribution in [2.24, 2.45) is 5.41 Å². The van der Waals surface area contributed by atoms with Crippen LogP contribution in [-0.4, -0.2) is 36.9 Å². The Bertz CT molecular complexity index is 244. The third-order valence-corrected chi connectivity index (χ3v) is 2.79. The molecule has 0 aromatic heterocycles. The van der Waals surface area contributed by atoms with Gasteiger partial charge in [-0.1, -0.05) is 12.8 Å². The highest BCUT2D eigenvalue weighted by Gasteiger charge is 2.43. The van der Waals surface area contributed by atoms with E-state index in [1.54, 1.807) is 20.8 Å². The summed E-state index contributed by atoms with van der Waals surface area (Å²) in [4.78, 5) is 23.7. The van der Waals surface area contributed by atoms with Gasteiger partial charge in [0.05, 0.1) is 13.2 Å². The fourth-order valence-electron chi connectivity index (χ4n) is 1.64. The molecule has 5 heteroatoms. The predicted molar refractivity (Wildman–Crippen MR) is 66.9 cm³/mol. The zero-order chi connectivity index (χ0) is 14.0. The molecular weight excluding hydrogens is 236 g/mol. The highest BCUT2D eigenvalue weighted by molar-refractivity contribution is 5.99. The van der Waals surface area contributed by atoms with Crippen LogP contribution in [0.15, 0.2) is 0 Å². The van der Waals surface area contributed by atoms with Gasteiger partial charge >= 0.3 is 11.9 Å². The first kappa shape index (κ1) is 16.9. The number of carbonyl (C=O) groups is 2. The second-order valence-electron chi connectivity index (χ2n) is 4.31. The van der Waals surface area contributed by atoms with Crippen molar-refractivity contribution in [2.75, 3.05) is 19.8 Å². The first-order valence-electron chi connectivity index (χ1n) is 6.48. The lowest BCUT2D eigenvalue weighted by Gasteiger charge is -2.24. The van der Waals surface area contributed by atoms with E-state index in [9.17, 15) is 9.59 Å². The summed E-state index contributed by atoms with van der Waals surface area (Å²) in [5, 5.41) is 8.70. The van der Waals surface area contributed by atoms with Crippen molar-refractivity contribution in [3.05, 3.63) is 0 Å². The molecule has 5 nitrogen and oxygen atoms in total. The first-order valence-corrected chi connectivity index (χ1v) is 6.48. The number of unbranched alkanes of at least 4 members (excludes halogenated alkanes) is 2. The molecule has 1 N–H and O–H groups in total. The Morgan fingerprint density at radius 2 is 1.50 bits per heavy atom. The molecule has 0 fully saturated rings. The van der Waals surface area contributed by atoms with E-state index in [0.29, 0.717) is 19.3 Å². The number of rotatable bonds is 9. The van der Waals surface area contributed by atoms with E-state index in [0.717, 1.165) is 6.42 Å². The summed E-state index contributed by atoms with van der Waals surface area (Å²) in [6.07, 6.45) is 2.49. The number of aliphatic hydroxyl groups is 1. The van der Waals surface area contributed by atoms with Gasteiger partial charge in [-0.05, 0) is 33.6 Å². The third-order valence-electron chi connectivity index (χ3n) is 2.79. The number of carbonyl (C=O) groups excluding carboxylic acids is 2. The molecule has 106 valence electrons. The summed E-state index contributed by atoms with van der Waals surface area (Å²) in [5.74, 6) is -1.07. The summed E-state index contributed by atoms with van der Waals surface area (Å²) < 4.78 is 9.88. The molecule has 0 atom stereocenters. The first-order chi connectivity index (χ1) is 8.52. The standard InChI is InChI=1S/C13H24O5/c1-4-17-11(15)13(3,12(16)18-5-2)9-7-6-8-10-14/h14H,4-10H2,1-3H3. The second-order valence-corrected chi connectivity index (χ2v) is 4.31. The molecule has 0 rings (SSSR count). The van der Waals surface area contributed by atoms with Gasteiger partial charge in [0.25, 0.3) is 0 Å². The van der Waals surface area contributed by atoms with Crippen LogP contribution in [-0.2, 0) is 19.1 Å². The fourth-order valence-corrected chi connectivity index (χ4v) is 1.64. The molecule has 0 radical (unpaired) electrons. The van der Waals surface area contributed by atoms with Crippen LogP contribution in [0.3, 0.4) is 0 Å². The minimum absolute atomic E-state index is 0.121. The van der Waals surface area contributed by atoms with Crippen LogP contribution in [0, 0.1) is 5.41 Å². The molecule has 0 bridgehead atoms. The molecule has 0 aromatic rings. The van der Waals surface area contributed by atoms with Crippen molar-refractivity contribution in [3.8, 4) is 0 Å². The van der Waals surface area contributed by atoms with E-state index in [-0.39, 0.29) is 19.8 Å². The van der Waals surface area contributed by atoms with E-state index >= 15 is 0 Å². The van der Waals surface area contributed by atoms with Crippen molar-refractivity contribution in [1.29, 1.82) is 0 Å². The molecule has 0 aliphatic heterocycles. The van der Waals surface area contributed by atoms with Crippen molar-refractivity contribution < 1.29 is 24.2 Å². The molecule has 18 heavy (non-hydrogen) atoms. The minimum atomic E-state index is -1.23. The number of aliphatic hydroxyl groups excluding tert-OH is 1. The molecule has 0 aromatic carbocycles. The SMILES string of the molecule is CCOC(=O)C(C)(CCCCCO)C(=O)OCC. The Balaban J connectivity index is 4.58. The molecule has 0 aliphatic rings. The van der Waals surface area contributed by atoms with Crippen LogP contribution in [0.4, 0.5) is 0 Å². The summed E-state index contributed by atoms with van der Waals surface area (Å²) in [6, 6.07) is 0. The quantitative estimate of drug-likeness (QED) is 0.388. The topological polar surface area (TPSA) is 72.8 Å². The van der Waals surface area contributed by atoms with Gasteiger partial charge in [0.15, 0.2) is 5.41 Å². The lowest BCUT2D eigenvalue weighted by atomic mass is 9.84. The molecule has 0 heterocycles. The minimum Gasteiger partial charge on any atom is -0.465 e. The zero-order valence-electron chi connectivity index (χ0n) is 11.5. The Morgan fingerprint density at radius 3 is 1.89 bits per heavy atom. The Hall–Kier alpha value is -1.10. The molecule has 0 spiro atoms. The largest absolute Gasteiger partial charge is 0.465 e. The zero-order valence-corrected chi connectivity index (χ0v) is 11.5. The summed E-state index contributed by atoms with van der Waals surface area (Å²) in [7, 11) is 0. The van der Waals surface area contributed by atoms with Crippen LogP contribution < -0.4 is 0 Å². The van der Waals surface area contributed by atoms with Crippen molar-refractivity contribution in [1.82, 2.24) is 0 Å². The molecule has 0 amide bonds. The van der Waals surface area contributed by atoms with Gasteiger partial charge in [0, 0.05) is 6.61 Å². The maximum atomic E-state index is 11.9. The molecule has 0 aliphatic carbocycles. The third kappa shape index (κ3) is 5.04. The van der Waals surface area contributed by atoms with Crippen LogP contribution in [0.5, 0.6) is 0 Å². The monoisotopic (exact) mass is 260 g/mol. The molecule has 0 saturated carbocycles. The van der Waals surface area contributed by atoms with Crippen molar-refractivity contribution >= 4 is 11.9 Å². The Labute approximate surface area is 108 Å². The Morgan fingerprint density at radius 1 is 1.00 bits per heavy atom. The highest BCUT2D eigenvalue weighted by atomic mass is 16.6. The van der Waals surface area contributed by atoms with Gasteiger partial charge in [-0.3, -0.25) is 9.59 Å². The number of hydrogen-bond acceptors (Lipinski definition) is 5.